The summed E-state index contributed by atoms with van der Waals surface area (Å²) in [7, 11) is 0. The third-order valence-electron chi connectivity index (χ3n) is 3.65. The number of carboxylic acids is 1. The fraction of sp³-hybridized carbons (Fsp3) is 0. The number of rotatable bonds is 3. The molecule has 2 aromatic carbocycles. The summed E-state index contributed by atoms with van der Waals surface area (Å²) >= 11 is 5.97. The number of halogens is 1. The summed E-state index contributed by atoms with van der Waals surface area (Å²) in [6.45, 7) is 0. The molecular formula is C18H15ClN6O2. The number of aliphatic imine (C=N–C) groups is 2. The molecule has 0 unspecified atom stereocenters. The van der Waals surface area contributed by atoms with Crippen LogP contribution in [0.5, 0.6) is 0 Å². The second kappa shape index (κ2) is 7.30. The van der Waals surface area contributed by atoms with Crippen molar-refractivity contribution < 1.29 is 9.90 Å². The van der Waals surface area contributed by atoms with Gasteiger partial charge in [-0.2, -0.15) is 4.99 Å². The Morgan fingerprint density at radius 2 is 1.74 bits per heavy atom. The summed E-state index contributed by atoms with van der Waals surface area (Å²) in [6, 6.07) is 13.3. The van der Waals surface area contributed by atoms with Crippen molar-refractivity contribution in [1.82, 2.24) is 4.98 Å². The predicted octanol–water partition coefficient (Wildman–Crippen LogP) is 2.47. The van der Waals surface area contributed by atoms with Crippen molar-refractivity contribution in [3.8, 4) is 11.3 Å². The highest BCUT2D eigenvalue weighted by atomic mass is 35.5. The zero-order valence-electron chi connectivity index (χ0n) is 13.9. The van der Waals surface area contributed by atoms with E-state index in [9.17, 15) is 9.90 Å². The molecule has 136 valence electrons. The highest BCUT2D eigenvalue weighted by molar-refractivity contribution is 6.31. The molecule has 0 radical (unpaired) electrons. The Balaban J connectivity index is 2.04. The molecule has 27 heavy (non-hydrogen) atoms. The van der Waals surface area contributed by atoms with Crippen LogP contribution in [0.4, 0.5) is 5.69 Å². The van der Waals surface area contributed by atoms with Gasteiger partial charge in [0, 0.05) is 16.0 Å². The molecule has 0 aliphatic rings. The molecule has 0 bridgehead atoms. The number of fused-ring (bicyclic) bond motifs is 1. The first-order valence-corrected chi connectivity index (χ1v) is 8.09. The molecule has 1 aromatic heterocycles. The monoisotopic (exact) mass is 382 g/mol. The Kier molecular flexibility index (Phi) is 4.91. The molecule has 0 fully saturated rings. The van der Waals surface area contributed by atoms with Crippen molar-refractivity contribution in [2.45, 2.75) is 0 Å². The smallest absolute Gasteiger partial charge is 0.336 e. The van der Waals surface area contributed by atoms with Gasteiger partial charge in [-0.3, -0.25) is 0 Å². The Labute approximate surface area is 159 Å². The van der Waals surface area contributed by atoms with Crippen LogP contribution >= 0.6 is 11.6 Å². The second-order valence-corrected chi connectivity index (χ2v) is 6.01. The maximum Gasteiger partial charge on any atom is 0.336 e. The zero-order chi connectivity index (χ0) is 19.6. The van der Waals surface area contributed by atoms with Gasteiger partial charge in [-0.25, -0.2) is 14.8 Å². The minimum atomic E-state index is -1.06. The summed E-state index contributed by atoms with van der Waals surface area (Å²) < 4.78 is 0. The quantitative estimate of drug-likeness (QED) is 0.403. The largest absolute Gasteiger partial charge is 0.478 e. The first kappa shape index (κ1) is 18.2. The van der Waals surface area contributed by atoms with Gasteiger partial charge in [0.15, 0.2) is 5.96 Å². The molecule has 8 nitrogen and oxygen atoms in total. The van der Waals surface area contributed by atoms with Crippen molar-refractivity contribution in [1.29, 1.82) is 0 Å². The van der Waals surface area contributed by atoms with Gasteiger partial charge in [0.05, 0.1) is 22.5 Å². The van der Waals surface area contributed by atoms with Crippen LogP contribution in [0.1, 0.15) is 10.4 Å². The number of nitrogens with zero attached hydrogens (tertiary/aromatic N) is 3. The molecule has 7 N–H and O–H groups in total. The van der Waals surface area contributed by atoms with E-state index in [-0.39, 0.29) is 17.5 Å². The molecule has 0 saturated carbocycles. The number of aromatic nitrogens is 1. The number of hydrogen-bond donors (Lipinski definition) is 4. The number of aromatic carboxylic acids is 1. The lowest BCUT2D eigenvalue weighted by Gasteiger charge is -2.08. The fourth-order valence-corrected chi connectivity index (χ4v) is 2.69. The molecule has 0 saturated heterocycles. The summed E-state index contributed by atoms with van der Waals surface area (Å²) in [5, 5.41) is 10.4. The Hall–Kier alpha value is -3.65. The molecule has 0 atom stereocenters. The Morgan fingerprint density at radius 3 is 2.37 bits per heavy atom. The minimum Gasteiger partial charge on any atom is -0.478 e. The molecule has 3 rings (SSSR count). The number of carbonyl (C=O) groups is 1. The van der Waals surface area contributed by atoms with E-state index < -0.39 is 5.97 Å². The molecule has 3 aromatic rings. The predicted molar refractivity (Wildman–Crippen MR) is 106 cm³/mol. The average Bonchev–Trinajstić information content (AvgIpc) is 2.60. The minimum absolute atomic E-state index is 0.0726. The lowest BCUT2D eigenvalue weighted by Crippen LogP contribution is -2.26. The standard InChI is InChI=1S/C18H15ClN6O2/c19-10-3-6-14-12(7-10)13(16(26)27)8-15(24-14)9-1-4-11(5-2-9)23-18(22)25-17(20)21/h1-8H,(H,26,27)(H6,20,21,22,23,25). The van der Waals surface area contributed by atoms with E-state index in [2.05, 4.69) is 15.0 Å². The van der Waals surface area contributed by atoms with Crippen molar-refractivity contribution in [2.75, 3.05) is 0 Å². The number of carboxylic acid groups (broad SMARTS) is 1. The van der Waals surface area contributed by atoms with Gasteiger partial charge in [0.25, 0.3) is 0 Å². The van der Waals surface area contributed by atoms with Crippen LogP contribution in [-0.4, -0.2) is 28.0 Å². The Morgan fingerprint density at radius 1 is 1.04 bits per heavy atom. The van der Waals surface area contributed by atoms with Crippen LogP contribution in [0, 0.1) is 0 Å². The average molecular weight is 383 g/mol. The highest BCUT2D eigenvalue weighted by Gasteiger charge is 2.13. The molecule has 1 heterocycles. The first-order valence-electron chi connectivity index (χ1n) is 7.71. The second-order valence-electron chi connectivity index (χ2n) is 5.58. The molecular weight excluding hydrogens is 368 g/mol. The summed E-state index contributed by atoms with van der Waals surface area (Å²) in [5.41, 5.74) is 18.5. The van der Waals surface area contributed by atoms with Crippen LogP contribution < -0.4 is 17.2 Å². The molecule has 0 spiro atoms. The molecule has 0 amide bonds. The van der Waals surface area contributed by atoms with Gasteiger partial charge < -0.3 is 22.3 Å². The van der Waals surface area contributed by atoms with Gasteiger partial charge in [-0.1, -0.05) is 23.7 Å². The normalized spacial score (nSPS) is 11.4. The van der Waals surface area contributed by atoms with E-state index in [0.717, 1.165) is 0 Å². The summed E-state index contributed by atoms with van der Waals surface area (Å²) in [5.74, 6) is -1.32. The molecule has 0 aliphatic carbocycles. The molecule has 9 heteroatoms. The van der Waals surface area contributed by atoms with Crippen LogP contribution in [0.3, 0.4) is 0 Å². The van der Waals surface area contributed by atoms with E-state index in [1.165, 1.54) is 6.07 Å². The number of pyridine rings is 1. The van der Waals surface area contributed by atoms with Crippen LogP contribution in [0.2, 0.25) is 5.02 Å². The van der Waals surface area contributed by atoms with Gasteiger partial charge in [0.2, 0.25) is 5.96 Å². The number of guanidine groups is 2. The highest BCUT2D eigenvalue weighted by Crippen LogP contribution is 2.28. The van der Waals surface area contributed by atoms with Gasteiger partial charge >= 0.3 is 5.97 Å². The number of nitrogens with two attached hydrogens (primary N) is 3. The van der Waals surface area contributed by atoms with E-state index in [1.54, 1.807) is 42.5 Å². The van der Waals surface area contributed by atoms with Gasteiger partial charge in [-0.05, 0) is 36.4 Å². The number of benzene rings is 2. The van der Waals surface area contributed by atoms with E-state index >= 15 is 0 Å². The van der Waals surface area contributed by atoms with Crippen molar-refractivity contribution in [2.24, 2.45) is 27.2 Å². The van der Waals surface area contributed by atoms with E-state index in [4.69, 9.17) is 28.8 Å². The zero-order valence-corrected chi connectivity index (χ0v) is 14.7. The van der Waals surface area contributed by atoms with Crippen molar-refractivity contribution in [3.63, 3.8) is 0 Å². The third-order valence-corrected chi connectivity index (χ3v) is 3.89. The summed E-state index contributed by atoms with van der Waals surface area (Å²) in [4.78, 5) is 23.9. The van der Waals surface area contributed by atoms with Crippen LogP contribution in [-0.2, 0) is 0 Å². The third kappa shape index (κ3) is 4.13. The maximum absolute atomic E-state index is 11.6. The van der Waals surface area contributed by atoms with Gasteiger partial charge in [-0.15, -0.1) is 0 Å². The van der Waals surface area contributed by atoms with E-state index in [1.807, 2.05) is 0 Å². The van der Waals surface area contributed by atoms with Gasteiger partial charge in [0.1, 0.15) is 0 Å². The van der Waals surface area contributed by atoms with Crippen LogP contribution in [0.15, 0.2) is 58.5 Å². The SMILES string of the molecule is NC(N)=NC(N)=Nc1ccc(-c2cc(C(=O)O)c3cc(Cl)ccc3n2)cc1. The number of hydrogen-bond acceptors (Lipinski definition) is 3. The lowest BCUT2D eigenvalue weighted by atomic mass is 10.0. The maximum atomic E-state index is 11.6. The Bertz CT molecular complexity index is 1090. The van der Waals surface area contributed by atoms with Crippen molar-refractivity contribution in [3.05, 3.63) is 59.1 Å². The topological polar surface area (TPSA) is 153 Å². The lowest BCUT2D eigenvalue weighted by molar-refractivity contribution is 0.0699. The fourth-order valence-electron chi connectivity index (χ4n) is 2.52. The summed E-state index contributed by atoms with van der Waals surface area (Å²) in [6.07, 6.45) is 0. The molecule has 0 aliphatic heterocycles. The van der Waals surface area contributed by atoms with Crippen LogP contribution in [0.25, 0.3) is 22.2 Å². The first-order chi connectivity index (χ1) is 12.8. The van der Waals surface area contributed by atoms with Crippen molar-refractivity contribution >= 4 is 46.1 Å². The van der Waals surface area contributed by atoms with E-state index in [0.29, 0.717) is 32.9 Å².